The van der Waals surface area contributed by atoms with E-state index in [2.05, 4.69) is 0 Å². The minimum absolute atomic E-state index is 0.132. The molecule has 8 nitrogen and oxygen atoms in total. The topological polar surface area (TPSA) is 96.4 Å². The number of amides is 2. The number of carbonyl (C=O) groups excluding carboxylic acids is 3. The van der Waals surface area contributed by atoms with Gasteiger partial charge in [-0.1, -0.05) is 42.8 Å². The lowest BCUT2D eigenvalue weighted by Crippen LogP contribution is -2.56. The Kier molecular flexibility index (Phi) is 7.18. The number of hydrogen-bond acceptors (Lipinski definition) is 6. The second-order valence-electron chi connectivity index (χ2n) is 10.1. The number of cyclic esters (lactones) is 1. The van der Waals surface area contributed by atoms with Gasteiger partial charge in [0.15, 0.2) is 0 Å². The van der Waals surface area contributed by atoms with Crippen LogP contribution in [0.25, 0.3) is 0 Å². The maximum Gasteiger partial charge on any atom is 0.313 e. The highest BCUT2D eigenvalue weighted by molar-refractivity contribution is 6.30. The highest BCUT2D eigenvalue weighted by atomic mass is 35.5. The lowest BCUT2D eigenvalue weighted by Gasteiger charge is -2.38. The number of rotatable bonds is 5. The first-order chi connectivity index (χ1) is 17.9. The number of anilines is 1. The van der Waals surface area contributed by atoms with Gasteiger partial charge < -0.3 is 24.4 Å². The maximum absolute atomic E-state index is 14.3. The second-order valence-corrected chi connectivity index (χ2v) is 10.6. The number of aliphatic hydroxyl groups is 1. The Morgan fingerprint density at radius 1 is 1.05 bits per heavy atom. The summed E-state index contributed by atoms with van der Waals surface area (Å²) in [5, 5.41) is 10.1. The summed E-state index contributed by atoms with van der Waals surface area (Å²) in [6, 6.07) is 5.97. The molecule has 2 saturated heterocycles. The molecule has 37 heavy (non-hydrogen) atoms. The van der Waals surface area contributed by atoms with Gasteiger partial charge in [0.1, 0.15) is 23.2 Å². The minimum atomic E-state index is -1.34. The van der Waals surface area contributed by atoms with Gasteiger partial charge in [-0.25, -0.2) is 0 Å². The first-order valence-corrected chi connectivity index (χ1v) is 13.5. The predicted octanol–water partition coefficient (Wildman–Crippen LogP) is 3.27. The third-order valence-electron chi connectivity index (χ3n) is 8.08. The number of allylic oxidation sites excluding steroid dienone is 1. The fraction of sp³-hybridized carbons (Fsp3) is 0.536. The van der Waals surface area contributed by atoms with Crippen LogP contribution in [0.1, 0.15) is 39.0 Å². The lowest BCUT2D eigenvalue weighted by atomic mass is 9.73. The molecule has 4 aliphatic heterocycles. The number of ether oxygens (including phenoxy) is 2. The van der Waals surface area contributed by atoms with Gasteiger partial charge in [-0.15, -0.1) is 0 Å². The van der Waals surface area contributed by atoms with Crippen molar-refractivity contribution in [1.29, 1.82) is 0 Å². The first kappa shape index (κ1) is 25.9. The molecule has 1 aromatic carbocycles. The summed E-state index contributed by atoms with van der Waals surface area (Å²) in [4.78, 5) is 45.1. The van der Waals surface area contributed by atoms with Crippen molar-refractivity contribution in [2.24, 2.45) is 11.8 Å². The van der Waals surface area contributed by atoms with E-state index in [1.165, 1.54) is 4.90 Å². The molecule has 0 bridgehead atoms. The molecule has 0 radical (unpaired) electrons. The molecular weight excluding hydrogens is 496 g/mol. The van der Waals surface area contributed by atoms with E-state index in [1.807, 2.05) is 31.2 Å². The van der Waals surface area contributed by atoms with Gasteiger partial charge in [0.2, 0.25) is 5.91 Å². The molecule has 1 aromatic rings. The lowest BCUT2D eigenvalue weighted by molar-refractivity contribution is -0.160. The Labute approximate surface area is 221 Å². The second kappa shape index (κ2) is 10.2. The smallest absolute Gasteiger partial charge is 0.313 e. The number of nitrogens with zero attached hydrogens (tertiary/aromatic N) is 2. The van der Waals surface area contributed by atoms with Crippen molar-refractivity contribution < 1.29 is 29.0 Å². The number of likely N-dealkylation sites (tertiary alicyclic amines) is 1. The molecule has 1 unspecified atom stereocenters. The molecule has 0 aromatic heterocycles. The van der Waals surface area contributed by atoms with E-state index in [-0.39, 0.29) is 38.1 Å². The van der Waals surface area contributed by atoms with Crippen LogP contribution in [-0.4, -0.2) is 71.3 Å². The van der Waals surface area contributed by atoms with E-state index in [9.17, 15) is 19.5 Å². The molecule has 9 heteroatoms. The molecule has 2 fully saturated rings. The summed E-state index contributed by atoms with van der Waals surface area (Å²) in [7, 11) is 0. The number of hydrogen-bond donors (Lipinski definition) is 1. The van der Waals surface area contributed by atoms with E-state index < -0.39 is 35.0 Å². The van der Waals surface area contributed by atoms with Crippen LogP contribution in [0.5, 0.6) is 0 Å². The van der Waals surface area contributed by atoms with Crippen molar-refractivity contribution in [3.63, 3.8) is 0 Å². The molecule has 5 rings (SSSR count). The number of aliphatic hydroxyl groups excluding tert-OH is 1. The van der Waals surface area contributed by atoms with Gasteiger partial charge in [0.05, 0.1) is 12.5 Å². The molecule has 4 heterocycles. The minimum Gasteiger partial charge on any atom is -0.465 e. The predicted molar refractivity (Wildman–Crippen MR) is 138 cm³/mol. The average molecular weight is 529 g/mol. The van der Waals surface area contributed by atoms with Crippen LogP contribution in [0, 0.1) is 11.8 Å². The Morgan fingerprint density at radius 3 is 2.57 bits per heavy atom. The van der Waals surface area contributed by atoms with Crippen molar-refractivity contribution in [2.75, 3.05) is 31.2 Å². The highest BCUT2D eigenvalue weighted by Crippen LogP contribution is 2.58. The molecule has 0 aliphatic carbocycles. The Balaban J connectivity index is 1.65. The van der Waals surface area contributed by atoms with Crippen LogP contribution >= 0.6 is 11.6 Å². The van der Waals surface area contributed by atoms with Crippen LogP contribution < -0.4 is 4.90 Å². The Hall–Kier alpha value is -2.68. The standard InChI is InChI=1S/C28H33ClN2O6/c1-2-27-13-5-3-4-6-18-36-26(35)22(27)21-24(33)31(16-8-17-32)23-25(34)30(15-7-14-28(21,23)37-27)20-11-9-19(29)10-12-20/h5,7,9-14,21-23,32H,2-4,6,8,15-18H2,1H3/b13-5-/t21-,22+,23?,27-,28-/m0/s1. The average Bonchev–Trinajstić information content (AvgIpc) is 3.25. The van der Waals surface area contributed by atoms with E-state index >= 15 is 0 Å². The van der Waals surface area contributed by atoms with Crippen molar-refractivity contribution in [3.8, 4) is 0 Å². The maximum atomic E-state index is 14.3. The summed E-state index contributed by atoms with van der Waals surface area (Å²) in [5.41, 5.74) is -1.77. The van der Waals surface area contributed by atoms with Crippen molar-refractivity contribution in [2.45, 2.75) is 56.3 Å². The van der Waals surface area contributed by atoms with Gasteiger partial charge in [-0.2, -0.15) is 0 Å². The number of benzene rings is 1. The van der Waals surface area contributed by atoms with Crippen LogP contribution in [0.4, 0.5) is 5.69 Å². The third kappa shape index (κ3) is 4.19. The Bertz CT molecular complexity index is 1120. The summed E-state index contributed by atoms with van der Waals surface area (Å²) < 4.78 is 12.6. The van der Waals surface area contributed by atoms with Crippen LogP contribution in [-0.2, 0) is 23.9 Å². The van der Waals surface area contributed by atoms with Crippen molar-refractivity contribution in [3.05, 3.63) is 53.6 Å². The van der Waals surface area contributed by atoms with Crippen molar-refractivity contribution >= 4 is 35.1 Å². The zero-order valence-electron chi connectivity index (χ0n) is 21.0. The molecule has 0 saturated carbocycles. The summed E-state index contributed by atoms with van der Waals surface area (Å²) >= 11 is 6.08. The third-order valence-corrected chi connectivity index (χ3v) is 8.33. The van der Waals surface area contributed by atoms with Gasteiger partial charge in [-0.3, -0.25) is 14.4 Å². The SMILES string of the molecule is CC[C@]12/C=C\CCCCOC(=O)[C@H]1[C@H]1C(=O)N(CCCO)C3C(=O)N(c4ccc(Cl)cc4)CC=C[C@@]31O2. The van der Waals surface area contributed by atoms with Crippen molar-refractivity contribution in [1.82, 2.24) is 4.90 Å². The number of fused-ring (bicyclic) bond motifs is 2. The van der Waals surface area contributed by atoms with E-state index in [0.29, 0.717) is 23.6 Å². The van der Waals surface area contributed by atoms with Gasteiger partial charge in [0.25, 0.3) is 5.91 Å². The van der Waals surface area contributed by atoms with Crippen LogP contribution in [0.3, 0.4) is 0 Å². The van der Waals surface area contributed by atoms with Crippen LogP contribution in [0.2, 0.25) is 5.02 Å². The van der Waals surface area contributed by atoms with Crippen LogP contribution in [0.15, 0.2) is 48.6 Å². The molecule has 2 amide bonds. The van der Waals surface area contributed by atoms with Gasteiger partial charge in [0, 0.05) is 30.4 Å². The first-order valence-electron chi connectivity index (χ1n) is 13.1. The molecule has 1 spiro atoms. The Morgan fingerprint density at radius 2 is 1.84 bits per heavy atom. The normalized spacial score (nSPS) is 34.5. The molecule has 1 N–H and O–H groups in total. The van der Waals surface area contributed by atoms with E-state index in [0.717, 1.165) is 19.3 Å². The van der Waals surface area contributed by atoms with Gasteiger partial charge >= 0.3 is 5.97 Å². The number of halogens is 1. The molecule has 4 aliphatic rings. The fourth-order valence-corrected chi connectivity index (χ4v) is 6.50. The zero-order chi connectivity index (χ0) is 26.2. The summed E-state index contributed by atoms with van der Waals surface area (Å²) in [5.74, 6) is -2.89. The number of carbonyl (C=O) groups is 3. The summed E-state index contributed by atoms with van der Waals surface area (Å²) in [6.07, 6.45) is 10.8. The van der Waals surface area contributed by atoms with Gasteiger partial charge in [-0.05, 0) is 56.4 Å². The van der Waals surface area contributed by atoms with E-state index in [1.54, 1.807) is 29.2 Å². The molecule has 198 valence electrons. The summed E-state index contributed by atoms with van der Waals surface area (Å²) in [6.45, 7) is 2.54. The number of esters is 1. The highest BCUT2D eigenvalue weighted by Gasteiger charge is 2.75. The quantitative estimate of drug-likeness (QED) is 0.465. The monoisotopic (exact) mass is 528 g/mol. The zero-order valence-corrected chi connectivity index (χ0v) is 21.7. The molecular formula is C28H33ClN2O6. The fourth-order valence-electron chi connectivity index (χ4n) is 6.37. The molecule has 5 atom stereocenters. The largest absolute Gasteiger partial charge is 0.465 e. The van der Waals surface area contributed by atoms with E-state index in [4.69, 9.17) is 21.1 Å².